The number of carbonyl (C=O) groups is 1. The van der Waals surface area contributed by atoms with Crippen LogP contribution in [0.2, 0.25) is 0 Å². The maximum Gasteiger partial charge on any atom is 0.323 e. The molecular weight excluding hydrogens is 282 g/mol. The summed E-state index contributed by atoms with van der Waals surface area (Å²) in [5.41, 5.74) is 1.06. The highest BCUT2D eigenvalue weighted by Crippen LogP contribution is 2.28. The summed E-state index contributed by atoms with van der Waals surface area (Å²) < 4.78 is 15.9. The Morgan fingerprint density at radius 1 is 1.27 bits per heavy atom. The third-order valence-electron chi connectivity index (χ3n) is 4.04. The lowest BCUT2D eigenvalue weighted by Crippen LogP contribution is -2.45. The third-order valence-corrected chi connectivity index (χ3v) is 4.04. The van der Waals surface area contributed by atoms with E-state index in [4.69, 9.17) is 14.2 Å². The minimum atomic E-state index is -0.152. The smallest absolute Gasteiger partial charge is 0.323 e. The van der Waals surface area contributed by atoms with Crippen LogP contribution in [-0.4, -0.2) is 44.3 Å². The highest BCUT2D eigenvalue weighted by atomic mass is 16.5. The van der Waals surface area contributed by atoms with Gasteiger partial charge in [0.25, 0.3) is 0 Å². The molecule has 1 aromatic rings. The molecule has 0 spiro atoms. The highest BCUT2D eigenvalue weighted by Gasteiger charge is 2.30. The van der Waals surface area contributed by atoms with Crippen LogP contribution in [0.4, 0.5) is 0 Å². The molecule has 0 N–H and O–H groups in total. The Labute approximate surface area is 132 Å². The number of piperidine rings is 1. The van der Waals surface area contributed by atoms with Crippen LogP contribution in [0.5, 0.6) is 11.5 Å². The minimum Gasteiger partial charge on any atom is -0.497 e. The molecule has 0 saturated carbocycles. The van der Waals surface area contributed by atoms with Gasteiger partial charge in [-0.05, 0) is 32.4 Å². The molecule has 0 unspecified atom stereocenters. The van der Waals surface area contributed by atoms with Crippen LogP contribution in [0.3, 0.4) is 0 Å². The van der Waals surface area contributed by atoms with Crippen LogP contribution in [-0.2, 0) is 16.1 Å². The van der Waals surface area contributed by atoms with Crippen molar-refractivity contribution in [1.29, 1.82) is 0 Å². The van der Waals surface area contributed by atoms with Gasteiger partial charge in [-0.3, -0.25) is 9.69 Å². The van der Waals surface area contributed by atoms with E-state index in [2.05, 4.69) is 4.90 Å². The molecule has 1 fully saturated rings. The first-order valence-electron chi connectivity index (χ1n) is 7.81. The fraction of sp³-hybridized carbons (Fsp3) is 0.588. The SMILES string of the molecule is CCOC(=O)[C@H]1CCCCN1Cc1ccc(OC)cc1OC. The second kappa shape index (κ2) is 8.03. The zero-order valence-electron chi connectivity index (χ0n) is 13.6. The number of hydrogen-bond donors (Lipinski definition) is 0. The van der Waals surface area contributed by atoms with Gasteiger partial charge in [0, 0.05) is 18.2 Å². The van der Waals surface area contributed by atoms with E-state index in [1.165, 1.54) is 0 Å². The molecule has 0 aromatic heterocycles. The number of carbonyl (C=O) groups excluding carboxylic acids is 1. The van der Waals surface area contributed by atoms with Gasteiger partial charge in [0.1, 0.15) is 17.5 Å². The number of methoxy groups -OCH3 is 2. The molecule has 0 radical (unpaired) electrons. The van der Waals surface area contributed by atoms with Crippen LogP contribution in [0.15, 0.2) is 18.2 Å². The fourth-order valence-electron chi connectivity index (χ4n) is 2.89. The van der Waals surface area contributed by atoms with Gasteiger partial charge in [0.15, 0.2) is 0 Å². The molecule has 1 aromatic carbocycles. The maximum atomic E-state index is 12.1. The third kappa shape index (κ3) is 3.91. The van der Waals surface area contributed by atoms with E-state index in [1.807, 2.05) is 25.1 Å². The van der Waals surface area contributed by atoms with E-state index in [-0.39, 0.29) is 12.0 Å². The number of nitrogens with zero attached hydrogens (tertiary/aromatic N) is 1. The Kier molecular flexibility index (Phi) is 6.07. The van der Waals surface area contributed by atoms with E-state index < -0.39 is 0 Å². The van der Waals surface area contributed by atoms with Gasteiger partial charge >= 0.3 is 5.97 Å². The van der Waals surface area contributed by atoms with Gasteiger partial charge in [-0.2, -0.15) is 0 Å². The zero-order valence-corrected chi connectivity index (χ0v) is 13.6. The van der Waals surface area contributed by atoms with E-state index in [0.717, 1.165) is 42.9 Å². The standard InChI is InChI=1S/C17H25NO4/c1-4-22-17(19)15-7-5-6-10-18(15)12-13-8-9-14(20-2)11-16(13)21-3/h8-9,11,15H,4-7,10,12H2,1-3H3/t15-/m1/s1. The molecule has 1 aliphatic rings. The maximum absolute atomic E-state index is 12.1. The Hall–Kier alpha value is -1.75. The van der Waals surface area contributed by atoms with Crippen molar-refractivity contribution in [2.75, 3.05) is 27.4 Å². The first kappa shape index (κ1) is 16.6. The van der Waals surface area contributed by atoms with Crippen molar-refractivity contribution in [3.8, 4) is 11.5 Å². The monoisotopic (exact) mass is 307 g/mol. The predicted molar refractivity (Wildman–Crippen MR) is 84.2 cm³/mol. The summed E-state index contributed by atoms with van der Waals surface area (Å²) in [6.07, 6.45) is 3.03. The van der Waals surface area contributed by atoms with Crippen molar-refractivity contribution in [3.63, 3.8) is 0 Å². The highest BCUT2D eigenvalue weighted by molar-refractivity contribution is 5.75. The van der Waals surface area contributed by atoms with Crippen molar-refractivity contribution in [2.45, 2.75) is 38.8 Å². The van der Waals surface area contributed by atoms with Gasteiger partial charge in [-0.1, -0.05) is 12.5 Å². The first-order chi connectivity index (χ1) is 10.7. The van der Waals surface area contributed by atoms with Crippen molar-refractivity contribution < 1.29 is 19.0 Å². The van der Waals surface area contributed by atoms with E-state index in [1.54, 1.807) is 14.2 Å². The van der Waals surface area contributed by atoms with Crippen LogP contribution >= 0.6 is 0 Å². The lowest BCUT2D eigenvalue weighted by atomic mass is 10.0. The van der Waals surface area contributed by atoms with Gasteiger partial charge in [-0.25, -0.2) is 0 Å². The normalized spacial score (nSPS) is 18.8. The Bertz CT molecular complexity index is 503. The lowest BCUT2D eigenvalue weighted by Gasteiger charge is -2.34. The number of likely N-dealkylation sites (tertiary alicyclic amines) is 1. The van der Waals surface area contributed by atoms with Crippen LogP contribution in [0.25, 0.3) is 0 Å². The first-order valence-corrected chi connectivity index (χ1v) is 7.81. The fourth-order valence-corrected chi connectivity index (χ4v) is 2.89. The van der Waals surface area contributed by atoms with Crippen LogP contribution < -0.4 is 9.47 Å². The molecule has 0 amide bonds. The molecule has 0 bridgehead atoms. The molecule has 2 rings (SSSR count). The van der Waals surface area contributed by atoms with E-state index >= 15 is 0 Å². The minimum absolute atomic E-state index is 0.116. The van der Waals surface area contributed by atoms with Crippen LogP contribution in [0, 0.1) is 0 Å². The molecule has 5 nitrogen and oxygen atoms in total. The zero-order chi connectivity index (χ0) is 15.9. The van der Waals surface area contributed by atoms with Gasteiger partial charge in [0.2, 0.25) is 0 Å². The summed E-state index contributed by atoms with van der Waals surface area (Å²) in [7, 11) is 3.28. The molecule has 1 saturated heterocycles. The van der Waals surface area contributed by atoms with Gasteiger partial charge in [-0.15, -0.1) is 0 Å². The molecule has 1 heterocycles. The van der Waals surface area contributed by atoms with E-state index in [0.29, 0.717) is 13.2 Å². The largest absolute Gasteiger partial charge is 0.497 e. The van der Waals surface area contributed by atoms with Gasteiger partial charge in [0.05, 0.1) is 20.8 Å². The number of benzene rings is 1. The molecule has 22 heavy (non-hydrogen) atoms. The summed E-state index contributed by atoms with van der Waals surface area (Å²) in [5.74, 6) is 1.43. The molecule has 5 heteroatoms. The summed E-state index contributed by atoms with van der Waals surface area (Å²) >= 11 is 0. The lowest BCUT2D eigenvalue weighted by molar-refractivity contribution is -0.151. The van der Waals surface area contributed by atoms with Crippen molar-refractivity contribution in [3.05, 3.63) is 23.8 Å². The van der Waals surface area contributed by atoms with E-state index in [9.17, 15) is 4.79 Å². The summed E-state index contributed by atoms with van der Waals surface area (Å²) in [5, 5.41) is 0. The molecule has 1 atom stereocenters. The topological polar surface area (TPSA) is 48.0 Å². The number of hydrogen-bond acceptors (Lipinski definition) is 5. The number of ether oxygens (including phenoxy) is 3. The second-order valence-electron chi connectivity index (χ2n) is 5.41. The molecule has 0 aliphatic carbocycles. The Balaban J connectivity index is 2.14. The molecular formula is C17H25NO4. The second-order valence-corrected chi connectivity index (χ2v) is 5.41. The summed E-state index contributed by atoms with van der Waals surface area (Å²) in [6, 6.07) is 5.63. The Morgan fingerprint density at radius 3 is 2.77 bits per heavy atom. The van der Waals surface area contributed by atoms with Crippen LogP contribution in [0.1, 0.15) is 31.7 Å². The number of esters is 1. The predicted octanol–water partition coefficient (Wildman–Crippen LogP) is 2.62. The average Bonchev–Trinajstić information content (AvgIpc) is 2.56. The summed E-state index contributed by atoms with van der Waals surface area (Å²) in [6.45, 7) is 3.85. The van der Waals surface area contributed by atoms with Crippen molar-refractivity contribution in [2.24, 2.45) is 0 Å². The van der Waals surface area contributed by atoms with Gasteiger partial charge < -0.3 is 14.2 Å². The van der Waals surface area contributed by atoms with Crippen molar-refractivity contribution >= 4 is 5.97 Å². The average molecular weight is 307 g/mol. The Morgan fingerprint density at radius 2 is 2.09 bits per heavy atom. The van der Waals surface area contributed by atoms with Crippen molar-refractivity contribution in [1.82, 2.24) is 4.90 Å². The molecule has 1 aliphatic heterocycles. The quantitative estimate of drug-likeness (QED) is 0.756. The molecule has 122 valence electrons. The number of rotatable bonds is 6. The summed E-state index contributed by atoms with van der Waals surface area (Å²) in [4.78, 5) is 14.3.